The molecular weight excluding hydrogens is 395 g/mol. The molecule has 2 aromatic carbocycles. The first-order valence-corrected chi connectivity index (χ1v) is 8.23. The molecule has 0 amide bonds. The van der Waals surface area contributed by atoms with Crippen LogP contribution in [-0.2, 0) is 4.74 Å². The van der Waals surface area contributed by atoms with Gasteiger partial charge in [-0.25, -0.2) is 9.38 Å². The molecule has 8 heteroatoms. The molecule has 0 spiro atoms. The van der Waals surface area contributed by atoms with Crippen molar-refractivity contribution in [2.45, 2.75) is 12.0 Å². The Morgan fingerprint density at radius 2 is 2.00 bits per heavy atom. The van der Waals surface area contributed by atoms with Crippen LogP contribution in [0.4, 0.5) is 15.8 Å². The average molecular weight is 409 g/mol. The minimum Gasteiger partial charge on any atom is -0.478 e. The van der Waals surface area contributed by atoms with Crippen LogP contribution in [0.3, 0.4) is 0 Å². The fraction of sp³-hybridized carbons (Fsp3) is 0.176. The topological polar surface area (TPSA) is 81.8 Å². The van der Waals surface area contributed by atoms with E-state index in [1.165, 1.54) is 12.1 Å². The maximum absolute atomic E-state index is 13.6. The molecule has 0 aromatic heterocycles. The van der Waals surface area contributed by atoms with Crippen molar-refractivity contribution in [3.63, 3.8) is 0 Å². The molecule has 6 nitrogen and oxygen atoms in total. The number of carbonyl (C=O) groups excluding carboxylic acids is 1. The van der Waals surface area contributed by atoms with Gasteiger partial charge in [-0.05, 0) is 28.9 Å². The Morgan fingerprint density at radius 1 is 1.32 bits per heavy atom. The summed E-state index contributed by atoms with van der Waals surface area (Å²) in [6.45, 7) is 1.84. The van der Waals surface area contributed by atoms with Gasteiger partial charge in [0.25, 0.3) is 5.69 Å². The second-order valence-corrected chi connectivity index (χ2v) is 5.64. The van der Waals surface area contributed by atoms with Gasteiger partial charge in [0.1, 0.15) is 0 Å². The summed E-state index contributed by atoms with van der Waals surface area (Å²) in [4.78, 5) is 27.1. The fourth-order valence-corrected chi connectivity index (χ4v) is 2.31. The lowest BCUT2D eigenvalue weighted by Crippen LogP contribution is -2.13. The Kier molecular flexibility index (Phi) is 6.35. The zero-order valence-corrected chi connectivity index (χ0v) is 14.8. The quantitative estimate of drug-likeness (QED) is 0.175. The molecule has 0 aliphatic heterocycles. The molecule has 0 aliphatic carbocycles. The van der Waals surface area contributed by atoms with Gasteiger partial charge in [-0.2, -0.15) is 0 Å². The number of non-ortho nitro benzene ring substituents is 1. The van der Waals surface area contributed by atoms with Crippen molar-refractivity contribution in [3.05, 3.63) is 69.8 Å². The van der Waals surface area contributed by atoms with Crippen molar-refractivity contribution in [1.82, 2.24) is 0 Å². The molecular formula is C17H14BrFN2O4. The molecule has 25 heavy (non-hydrogen) atoms. The third-order valence-electron chi connectivity index (χ3n) is 3.18. The molecule has 0 saturated carbocycles. The van der Waals surface area contributed by atoms with Crippen molar-refractivity contribution in [2.24, 2.45) is 4.99 Å². The molecule has 1 unspecified atom stereocenters. The van der Waals surface area contributed by atoms with Crippen LogP contribution < -0.4 is 0 Å². The van der Waals surface area contributed by atoms with Gasteiger partial charge >= 0.3 is 0 Å². The summed E-state index contributed by atoms with van der Waals surface area (Å²) >= 11 is 2.73. The monoisotopic (exact) mass is 408 g/mol. The van der Waals surface area contributed by atoms with Crippen LogP contribution in [0.2, 0.25) is 0 Å². The number of nitro benzene ring substituents is 1. The second-order valence-electron chi connectivity index (χ2n) is 4.84. The molecule has 0 aliphatic rings. The number of halogens is 2. The van der Waals surface area contributed by atoms with E-state index in [9.17, 15) is 19.3 Å². The summed E-state index contributed by atoms with van der Waals surface area (Å²) in [6, 6.07) is 11.9. The standard InChI is InChI=1S/C17H14BrFN2O4/c1-2-25-17(16(18)19)20-14-9-8-12(21(23)24)10-13(14)15(22)11-6-4-3-5-7-11/h3-10,16H,2H2,1H3. The van der Waals surface area contributed by atoms with Gasteiger partial charge in [0.15, 0.2) is 5.78 Å². The molecule has 0 heterocycles. The maximum atomic E-state index is 13.6. The number of ketones is 1. The molecule has 130 valence electrons. The van der Waals surface area contributed by atoms with Crippen molar-refractivity contribution < 1.29 is 18.8 Å². The van der Waals surface area contributed by atoms with Crippen molar-refractivity contribution >= 4 is 39.0 Å². The zero-order valence-electron chi connectivity index (χ0n) is 13.2. The van der Waals surface area contributed by atoms with E-state index < -0.39 is 15.8 Å². The number of benzene rings is 2. The number of carbonyl (C=O) groups is 1. The normalized spacial score (nSPS) is 12.5. The Balaban J connectivity index is 2.58. The molecule has 0 fully saturated rings. The lowest BCUT2D eigenvalue weighted by Gasteiger charge is -2.10. The van der Waals surface area contributed by atoms with Gasteiger partial charge in [0.05, 0.1) is 22.8 Å². The van der Waals surface area contributed by atoms with Crippen LogP contribution in [0.15, 0.2) is 53.5 Å². The van der Waals surface area contributed by atoms with E-state index in [0.717, 1.165) is 6.07 Å². The zero-order chi connectivity index (χ0) is 18.4. The summed E-state index contributed by atoms with van der Waals surface area (Å²) in [5.41, 5.74) is 0.163. The molecule has 2 aromatic rings. The summed E-state index contributed by atoms with van der Waals surface area (Å²) < 4.78 is 18.7. The number of nitro groups is 1. The highest BCUT2D eigenvalue weighted by molar-refractivity contribution is 9.09. The van der Waals surface area contributed by atoms with Crippen LogP contribution in [0.25, 0.3) is 0 Å². The van der Waals surface area contributed by atoms with E-state index in [-0.39, 0.29) is 29.4 Å². The van der Waals surface area contributed by atoms with Crippen LogP contribution >= 0.6 is 15.9 Å². The lowest BCUT2D eigenvalue weighted by molar-refractivity contribution is -0.384. The Morgan fingerprint density at radius 3 is 2.56 bits per heavy atom. The van der Waals surface area contributed by atoms with Gasteiger partial charge in [-0.3, -0.25) is 14.9 Å². The summed E-state index contributed by atoms with van der Waals surface area (Å²) in [5.74, 6) is -0.720. The smallest absolute Gasteiger partial charge is 0.270 e. The first-order valence-electron chi connectivity index (χ1n) is 7.31. The molecule has 0 bridgehead atoms. The summed E-state index contributed by atoms with van der Waals surface area (Å²) in [6.07, 6.45) is 0. The molecule has 0 N–H and O–H groups in total. The van der Waals surface area contributed by atoms with Crippen molar-refractivity contribution in [2.75, 3.05) is 6.61 Å². The van der Waals surface area contributed by atoms with E-state index in [2.05, 4.69) is 20.9 Å². The number of hydrogen-bond donors (Lipinski definition) is 0. The SMILES string of the molecule is CCOC(=Nc1ccc([N+](=O)[O-])cc1C(=O)c1ccccc1)C(F)Br. The van der Waals surface area contributed by atoms with Gasteiger partial charge < -0.3 is 4.74 Å². The third kappa shape index (κ3) is 4.69. The Bertz CT molecular complexity index is 810. The Labute approximate surface area is 151 Å². The Hall–Kier alpha value is -2.61. The van der Waals surface area contributed by atoms with Crippen LogP contribution in [-0.4, -0.2) is 28.3 Å². The minimum absolute atomic E-state index is 0.00856. The largest absolute Gasteiger partial charge is 0.478 e. The molecule has 2 rings (SSSR count). The van der Waals surface area contributed by atoms with E-state index in [1.54, 1.807) is 37.3 Å². The van der Waals surface area contributed by atoms with Crippen molar-refractivity contribution in [3.8, 4) is 0 Å². The van der Waals surface area contributed by atoms with Crippen LogP contribution in [0.1, 0.15) is 22.8 Å². The highest BCUT2D eigenvalue weighted by atomic mass is 79.9. The fourth-order valence-electron chi connectivity index (χ4n) is 2.07. The number of nitrogens with zero attached hydrogens (tertiary/aromatic N) is 2. The third-order valence-corrected chi connectivity index (χ3v) is 3.57. The number of alkyl halides is 2. The summed E-state index contributed by atoms with van der Waals surface area (Å²) in [5, 5.41) is 9.36. The van der Waals surface area contributed by atoms with E-state index in [4.69, 9.17) is 4.74 Å². The van der Waals surface area contributed by atoms with Crippen molar-refractivity contribution in [1.29, 1.82) is 0 Å². The minimum atomic E-state index is -1.66. The number of ether oxygens (including phenoxy) is 1. The van der Waals surface area contributed by atoms with Gasteiger partial charge in [0, 0.05) is 17.7 Å². The second kappa shape index (κ2) is 8.48. The highest BCUT2D eigenvalue weighted by Crippen LogP contribution is 2.28. The van der Waals surface area contributed by atoms with Crippen LogP contribution in [0, 0.1) is 10.1 Å². The van der Waals surface area contributed by atoms with Gasteiger partial charge in [-0.15, -0.1) is 0 Å². The average Bonchev–Trinajstić information content (AvgIpc) is 2.61. The van der Waals surface area contributed by atoms with E-state index >= 15 is 0 Å². The predicted octanol–water partition coefficient (Wildman–Crippen LogP) is 4.58. The van der Waals surface area contributed by atoms with Gasteiger partial charge in [-0.1, -0.05) is 30.3 Å². The van der Waals surface area contributed by atoms with E-state index in [0.29, 0.717) is 5.56 Å². The van der Waals surface area contributed by atoms with Crippen LogP contribution in [0.5, 0.6) is 0 Å². The molecule has 0 radical (unpaired) electrons. The van der Waals surface area contributed by atoms with E-state index in [1.807, 2.05) is 0 Å². The number of aliphatic imine (C=N–C) groups is 1. The first-order chi connectivity index (χ1) is 11.9. The maximum Gasteiger partial charge on any atom is 0.270 e. The lowest BCUT2D eigenvalue weighted by atomic mass is 10.0. The number of rotatable bonds is 6. The molecule has 1 atom stereocenters. The number of hydrogen-bond acceptors (Lipinski definition) is 5. The first kappa shape index (κ1) is 18.7. The highest BCUT2D eigenvalue weighted by Gasteiger charge is 2.20. The predicted molar refractivity (Wildman–Crippen MR) is 95.5 cm³/mol. The molecule has 0 saturated heterocycles. The van der Waals surface area contributed by atoms with Gasteiger partial charge in [0.2, 0.25) is 11.0 Å². The summed E-state index contributed by atoms with van der Waals surface area (Å²) in [7, 11) is 0.